The van der Waals surface area contributed by atoms with Gasteiger partial charge in [0.1, 0.15) is 16.6 Å². The smallest absolute Gasteiger partial charge is 0.301 e. The van der Waals surface area contributed by atoms with Crippen LogP contribution in [0.25, 0.3) is 5.76 Å². The Kier molecular flexibility index (Phi) is 7.87. The van der Waals surface area contributed by atoms with Gasteiger partial charge in [-0.15, -0.1) is 10.2 Å². The first-order valence-electron chi connectivity index (χ1n) is 12.0. The number of amides is 1. The summed E-state index contributed by atoms with van der Waals surface area (Å²) in [5.41, 5.74) is 0.576. The zero-order valence-electron chi connectivity index (χ0n) is 21.0. The Bertz CT molecular complexity index is 1340. The molecule has 0 aliphatic carbocycles. The number of aliphatic hydroxyl groups is 1. The van der Waals surface area contributed by atoms with E-state index in [1.807, 2.05) is 6.92 Å². The van der Waals surface area contributed by atoms with Crippen molar-refractivity contribution in [3.8, 4) is 11.5 Å². The number of Topliss-reactive ketones (excluding diaryl/α,β-unsaturated/α-hetero) is 1. The van der Waals surface area contributed by atoms with E-state index in [0.717, 1.165) is 17.8 Å². The number of hydrogen-bond donors (Lipinski definition) is 1. The molecule has 4 rings (SSSR count). The largest absolute Gasteiger partial charge is 0.507 e. The molecule has 1 aromatic heterocycles. The Morgan fingerprint density at radius 2 is 1.84 bits per heavy atom. The van der Waals surface area contributed by atoms with Gasteiger partial charge in [-0.25, -0.2) is 4.39 Å². The highest BCUT2D eigenvalue weighted by atomic mass is 32.1. The molecule has 3 aromatic rings. The monoisotopic (exact) mass is 525 g/mol. The molecule has 1 aliphatic rings. The number of nitrogens with zero attached hydrogens (tertiary/aromatic N) is 3. The zero-order valence-corrected chi connectivity index (χ0v) is 21.8. The predicted molar refractivity (Wildman–Crippen MR) is 138 cm³/mol. The maximum absolute atomic E-state index is 13.5. The van der Waals surface area contributed by atoms with Crippen molar-refractivity contribution in [2.24, 2.45) is 5.92 Å². The van der Waals surface area contributed by atoms with Crippen molar-refractivity contribution in [1.82, 2.24) is 10.2 Å². The van der Waals surface area contributed by atoms with E-state index in [2.05, 4.69) is 24.0 Å². The van der Waals surface area contributed by atoms with Crippen molar-refractivity contribution in [3.05, 3.63) is 70.0 Å². The number of aryl methyl sites for hydroxylation is 1. The Labute approximate surface area is 218 Å². The first-order valence-corrected chi connectivity index (χ1v) is 12.8. The van der Waals surface area contributed by atoms with Crippen molar-refractivity contribution in [1.29, 1.82) is 0 Å². The second-order valence-electron chi connectivity index (χ2n) is 8.95. The first kappa shape index (κ1) is 26.3. The number of ether oxygens (including phenoxy) is 2. The van der Waals surface area contributed by atoms with Crippen LogP contribution in [0.4, 0.5) is 9.52 Å². The van der Waals surface area contributed by atoms with Gasteiger partial charge in [0.15, 0.2) is 11.5 Å². The summed E-state index contributed by atoms with van der Waals surface area (Å²) in [5.74, 6) is -1.18. The summed E-state index contributed by atoms with van der Waals surface area (Å²) in [5, 5.41) is 20.1. The number of hydrogen-bond acceptors (Lipinski definition) is 8. The number of halogens is 1. The highest BCUT2D eigenvalue weighted by Gasteiger charge is 2.48. The van der Waals surface area contributed by atoms with Gasteiger partial charge < -0.3 is 14.6 Å². The maximum atomic E-state index is 13.5. The fourth-order valence-corrected chi connectivity index (χ4v) is 4.69. The molecule has 0 spiro atoms. The molecule has 1 fully saturated rings. The summed E-state index contributed by atoms with van der Waals surface area (Å²) in [7, 11) is 0. The zero-order chi connectivity index (χ0) is 26.7. The third kappa shape index (κ3) is 5.48. The van der Waals surface area contributed by atoms with E-state index in [0.29, 0.717) is 41.2 Å². The molecule has 2 aromatic carbocycles. The van der Waals surface area contributed by atoms with Gasteiger partial charge in [-0.1, -0.05) is 31.3 Å². The van der Waals surface area contributed by atoms with E-state index in [1.165, 1.54) is 29.2 Å². The van der Waals surface area contributed by atoms with Gasteiger partial charge >= 0.3 is 5.91 Å². The van der Waals surface area contributed by atoms with Crippen molar-refractivity contribution in [3.63, 3.8) is 0 Å². The summed E-state index contributed by atoms with van der Waals surface area (Å²) < 4.78 is 25.3. The van der Waals surface area contributed by atoms with Gasteiger partial charge in [-0.05, 0) is 68.1 Å². The van der Waals surface area contributed by atoms with Crippen LogP contribution in [0.1, 0.15) is 49.4 Å². The number of aliphatic hydroxyl groups excluding tert-OH is 1. The van der Waals surface area contributed by atoms with Crippen molar-refractivity contribution < 1.29 is 28.6 Å². The van der Waals surface area contributed by atoms with Crippen LogP contribution in [0.3, 0.4) is 0 Å². The van der Waals surface area contributed by atoms with E-state index in [1.54, 1.807) is 25.1 Å². The van der Waals surface area contributed by atoms with Gasteiger partial charge in [0.25, 0.3) is 5.78 Å². The van der Waals surface area contributed by atoms with Crippen molar-refractivity contribution >= 4 is 33.9 Å². The van der Waals surface area contributed by atoms with Gasteiger partial charge in [-0.2, -0.15) is 0 Å². The van der Waals surface area contributed by atoms with Gasteiger partial charge in [0, 0.05) is 5.56 Å². The number of rotatable bonds is 9. The van der Waals surface area contributed by atoms with E-state index >= 15 is 0 Å². The molecule has 1 unspecified atom stereocenters. The molecule has 1 N–H and O–H groups in total. The van der Waals surface area contributed by atoms with Crippen LogP contribution in [0, 0.1) is 18.7 Å². The summed E-state index contributed by atoms with van der Waals surface area (Å²) in [6.07, 6.45) is 0.863. The molecule has 1 aliphatic heterocycles. The van der Waals surface area contributed by atoms with Crippen LogP contribution in [0.5, 0.6) is 11.5 Å². The van der Waals surface area contributed by atoms with Crippen molar-refractivity contribution in [2.75, 3.05) is 18.1 Å². The quantitative estimate of drug-likeness (QED) is 0.226. The topological polar surface area (TPSA) is 102 Å². The lowest BCUT2D eigenvalue weighted by atomic mass is 9.95. The van der Waals surface area contributed by atoms with Crippen LogP contribution < -0.4 is 14.4 Å². The average Bonchev–Trinajstić information content (AvgIpc) is 3.40. The van der Waals surface area contributed by atoms with Crippen LogP contribution >= 0.6 is 11.3 Å². The number of carbonyl (C=O) groups excluding carboxylic acids is 2. The molecule has 1 amide bonds. The normalized spacial score (nSPS) is 17.0. The lowest BCUT2D eigenvalue weighted by Gasteiger charge is -2.23. The van der Waals surface area contributed by atoms with Gasteiger partial charge in [0.2, 0.25) is 5.13 Å². The first-order chi connectivity index (χ1) is 17.7. The second kappa shape index (κ2) is 11.1. The Morgan fingerprint density at radius 3 is 2.46 bits per heavy atom. The van der Waals surface area contributed by atoms with E-state index < -0.39 is 29.3 Å². The molecule has 0 saturated carbocycles. The summed E-state index contributed by atoms with van der Waals surface area (Å²) in [4.78, 5) is 27.7. The molecule has 0 bridgehead atoms. The molecule has 194 valence electrons. The lowest BCUT2D eigenvalue weighted by molar-refractivity contribution is -0.132. The average molecular weight is 526 g/mol. The number of benzene rings is 2. The molecule has 8 nitrogen and oxygen atoms in total. The van der Waals surface area contributed by atoms with Crippen molar-refractivity contribution in [2.45, 2.75) is 40.2 Å². The van der Waals surface area contributed by atoms with Gasteiger partial charge in [-0.3, -0.25) is 14.5 Å². The minimum absolute atomic E-state index is 0.139. The van der Waals surface area contributed by atoms with Crippen LogP contribution in [0.2, 0.25) is 0 Å². The Morgan fingerprint density at radius 1 is 1.11 bits per heavy atom. The fraction of sp³-hybridized carbons (Fsp3) is 0.333. The highest BCUT2D eigenvalue weighted by molar-refractivity contribution is 7.15. The predicted octanol–water partition coefficient (Wildman–Crippen LogP) is 5.44. The third-order valence-electron chi connectivity index (χ3n) is 5.82. The number of ketones is 1. The van der Waals surface area contributed by atoms with Crippen LogP contribution in [0.15, 0.2) is 48.0 Å². The minimum atomic E-state index is -1.01. The minimum Gasteiger partial charge on any atom is -0.507 e. The SMILES string of the molecule is CCOc1cc(C2C(=C(O)c3ccc(F)cc3)C(=O)C(=O)N2c2nnc(C)s2)ccc1OCCC(C)C. The molecule has 1 atom stereocenters. The standard InChI is InChI=1S/C27H28FN3O5S/c1-5-35-21-14-18(8-11-20(21)36-13-12-15(2)3)23-22(24(32)17-6-9-19(28)10-7-17)25(33)26(34)31(23)27-30-29-16(4)37-27/h6-11,14-15,23,32H,5,12-13H2,1-4H3. The second-order valence-corrected chi connectivity index (χ2v) is 10.1. The molecule has 37 heavy (non-hydrogen) atoms. The molecular weight excluding hydrogens is 497 g/mol. The summed E-state index contributed by atoms with van der Waals surface area (Å²) in [6.45, 7) is 8.67. The fourth-order valence-electron chi connectivity index (χ4n) is 3.98. The lowest BCUT2D eigenvalue weighted by Crippen LogP contribution is -2.29. The van der Waals surface area contributed by atoms with E-state index in [-0.39, 0.29) is 16.3 Å². The van der Waals surface area contributed by atoms with Crippen LogP contribution in [-0.4, -0.2) is 40.2 Å². The van der Waals surface area contributed by atoms with Gasteiger partial charge in [0.05, 0.1) is 24.8 Å². The summed E-state index contributed by atoms with van der Waals surface area (Å²) >= 11 is 1.15. The van der Waals surface area contributed by atoms with E-state index in [9.17, 15) is 19.1 Å². The number of carbonyl (C=O) groups is 2. The molecule has 1 saturated heterocycles. The third-order valence-corrected chi connectivity index (χ3v) is 6.66. The maximum Gasteiger partial charge on any atom is 0.301 e. The molecule has 0 radical (unpaired) electrons. The Balaban J connectivity index is 1.85. The summed E-state index contributed by atoms with van der Waals surface area (Å²) in [6, 6.07) is 9.18. The number of aromatic nitrogens is 2. The highest BCUT2D eigenvalue weighted by Crippen LogP contribution is 2.44. The number of anilines is 1. The molecule has 10 heteroatoms. The Hall–Kier alpha value is -3.79. The van der Waals surface area contributed by atoms with E-state index in [4.69, 9.17) is 9.47 Å². The molecular formula is C27H28FN3O5S. The molecule has 2 heterocycles. The van der Waals surface area contributed by atoms with Crippen LogP contribution in [-0.2, 0) is 9.59 Å².